The van der Waals surface area contributed by atoms with Crippen molar-refractivity contribution in [1.29, 1.82) is 0 Å². The number of nitrogens with two attached hydrogens (primary N) is 1. The first-order valence-corrected chi connectivity index (χ1v) is 8.16. The zero-order valence-corrected chi connectivity index (χ0v) is 12.5. The Morgan fingerprint density at radius 3 is 2.53 bits per heavy atom. The maximum atomic E-state index is 12.5. The van der Waals surface area contributed by atoms with Crippen LogP contribution < -0.4 is 10.5 Å². The SMILES string of the molecule is Cc1oc(C)c(S(=O)(=O)NC2CCCC2C)c1CN. The molecule has 2 atom stereocenters. The second-order valence-electron chi connectivity index (χ2n) is 5.36. The molecular formula is C13H22N2O3S. The lowest BCUT2D eigenvalue weighted by Crippen LogP contribution is -2.37. The number of aryl methyl sites for hydroxylation is 2. The van der Waals surface area contributed by atoms with Gasteiger partial charge in [0, 0.05) is 18.2 Å². The van der Waals surface area contributed by atoms with Crippen LogP contribution >= 0.6 is 0 Å². The fourth-order valence-corrected chi connectivity index (χ4v) is 4.71. The molecular weight excluding hydrogens is 264 g/mol. The standard InChI is InChI=1S/C13H22N2O3S/c1-8-5-4-6-12(8)15-19(16,17)13-10(3)18-9(2)11(13)7-14/h8,12,15H,4-7,14H2,1-3H3. The molecule has 6 heteroatoms. The number of sulfonamides is 1. The summed E-state index contributed by atoms with van der Waals surface area (Å²) < 4.78 is 33.3. The average Bonchev–Trinajstić information content (AvgIpc) is 2.82. The zero-order chi connectivity index (χ0) is 14.2. The van der Waals surface area contributed by atoms with Gasteiger partial charge in [-0.25, -0.2) is 13.1 Å². The maximum Gasteiger partial charge on any atom is 0.244 e. The fourth-order valence-electron chi connectivity index (χ4n) is 2.88. The number of furan rings is 1. The summed E-state index contributed by atoms with van der Waals surface area (Å²) in [5, 5.41) is 0. The van der Waals surface area contributed by atoms with Crippen LogP contribution in [-0.4, -0.2) is 14.5 Å². The first-order valence-electron chi connectivity index (χ1n) is 6.68. The van der Waals surface area contributed by atoms with Gasteiger partial charge in [-0.1, -0.05) is 13.3 Å². The Balaban J connectivity index is 2.34. The van der Waals surface area contributed by atoms with E-state index >= 15 is 0 Å². The van der Waals surface area contributed by atoms with Crippen LogP contribution in [0.2, 0.25) is 0 Å². The van der Waals surface area contributed by atoms with E-state index in [4.69, 9.17) is 10.2 Å². The van der Waals surface area contributed by atoms with Gasteiger partial charge in [0.05, 0.1) is 0 Å². The molecule has 1 aromatic rings. The first-order chi connectivity index (χ1) is 8.86. The molecule has 108 valence electrons. The van der Waals surface area contributed by atoms with Crippen molar-refractivity contribution in [3.8, 4) is 0 Å². The van der Waals surface area contributed by atoms with Gasteiger partial charge in [0.15, 0.2) is 0 Å². The van der Waals surface area contributed by atoms with E-state index in [2.05, 4.69) is 11.6 Å². The van der Waals surface area contributed by atoms with Crippen molar-refractivity contribution < 1.29 is 12.8 Å². The molecule has 3 N–H and O–H groups in total. The monoisotopic (exact) mass is 286 g/mol. The number of hydrogen-bond donors (Lipinski definition) is 2. The van der Waals surface area contributed by atoms with Gasteiger partial charge in [0.1, 0.15) is 16.4 Å². The molecule has 0 aromatic carbocycles. The van der Waals surface area contributed by atoms with Crippen molar-refractivity contribution in [1.82, 2.24) is 4.72 Å². The topological polar surface area (TPSA) is 85.3 Å². The van der Waals surface area contributed by atoms with E-state index < -0.39 is 10.0 Å². The highest BCUT2D eigenvalue weighted by Gasteiger charge is 2.32. The highest BCUT2D eigenvalue weighted by Crippen LogP contribution is 2.30. The van der Waals surface area contributed by atoms with Gasteiger partial charge in [-0.2, -0.15) is 0 Å². The highest BCUT2D eigenvalue weighted by molar-refractivity contribution is 7.89. The van der Waals surface area contributed by atoms with E-state index in [9.17, 15) is 8.42 Å². The van der Waals surface area contributed by atoms with Crippen molar-refractivity contribution in [2.75, 3.05) is 0 Å². The Morgan fingerprint density at radius 2 is 2.00 bits per heavy atom. The molecule has 1 aliphatic rings. The molecule has 1 aromatic heterocycles. The van der Waals surface area contributed by atoms with Crippen LogP contribution in [0.15, 0.2) is 9.31 Å². The lowest BCUT2D eigenvalue weighted by molar-refractivity contribution is 0.472. The molecule has 2 rings (SSSR count). The van der Waals surface area contributed by atoms with Gasteiger partial charge in [0.2, 0.25) is 10.0 Å². The Morgan fingerprint density at radius 1 is 1.32 bits per heavy atom. The van der Waals surface area contributed by atoms with E-state index in [0.717, 1.165) is 19.3 Å². The number of nitrogens with one attached hydrogen (secondary N) is 1. The molecule has 1 fully saturated rings. The first kappa shape index (κ1) is 14.6. The van der Waals surface area contributed by atoms with E-state index in [1.165, 1.54) is 0 Å². The van der Waals surface area contributed by atoms with Gasteiger partial charge < -0.3 is 10.2 Å². The van der Waals surface area contributed by atoms with Crippen LogP contribution in [-0.2, 0) is 16.6 Å². The van der Waals surface area contributed by atoms with Crippen molar-refractivity contribution in [2.45, 2.75) is 57.5 Å². The summed E-state index contributed by atoms with van der Waals surface area (Å²) in [4.78, 5) is 0.228. The molecule has 0 amide bonds. The largest absolute Gasteiger partial charge is 0.465 e. The lowest BCUT2D eigenvalue weighted by Gasteiger charge is -2.17. The fraction of sp³-hybridized carbons (Fsp3) is 0.692. The summed E-state index contributed by atoms with van der Waals surface area (Å²) in [6, 6.07) is 0.0187. The lowest BCUT2D eigenvalue weighted by atomic mass is 10.1. The normalized spacial score (nSPS) is 24.0. The van der Waals surface area contributed by atoms with Crippen LogP contribution in [0.4, 0.5) is 0 Å². The molecule has 0 bridgehead atoms. The molecule has 5 nitrogen and oxygen atoms in total. The summed E-state index contributed by atoms with van der Waals surface area (Å²) >= 11 is 0. The Labute approximate surface area is 114 Å². The third kappa shape index (κ3) is 2.70. The summed E-state index contributed by atoms with van der Waals surface area (Å²) in [5.41, 5.74) is 6.22. The molecule has 0 aliphatic heterocycles. The van der Waals surface area contributed by atoms with E-state index in [-0.39, 0.29) is 17.5 Å². The Bertz CT molecular complexity index is 563. The minimum absolute atomic E-state index is 0.0187. The summed E-state index contributed by atoms with van der Waals surface area (Å²) in [5.74, 6) is 1.38. The minimum Gasteiger partial charge on any atom is -0.465 e. The molecule has 0 radical (unpaired) electrons. The smallest absolute Gasteiger partial charge is 0.244 e. The quantitative estimate of drug-likeness (QED) is 0.884. The molecule has 2 unspecified atom stereocenters. The predicted octanol–water partition coefficient (Wildman–Crippen LogP) is 1.82. The van der Waals surface area contributed by atoms with Gasteiger partial charge in [-0.15, -0.1) is 0 Å². The predicted molar refractivity (Wildman–Crippen MR) is 73.2 cm³/mol. The molecule has 0 saturated heterocycles. The van der Waals surface area contributed by atoms with E-state index in [1.807, 2.05) is 0 Å². The van der Waals surface area contributed by atoms with Crippen molar-refractivity contribution >= 4 is 10.0 Å². The summed E-state index contributed by atoms with van der Waals surface area (Å²) in [7, 11) is -3.55. The number of hydrogen-bond acceptors (Lipinski definition) is 4. The summed E-state index contributed by atoms with van der Waals surface area (Å²) in [6.07, 6.45) is 3.04. The van der Waals surface area contributed by atoms with Gasteiger partial charge in [0.25, 0.3) is 0 Å². The van der Waals surface area contributed by atoms with Crippen LogP contribution in [0, 0.1) is 19.8 Å². The third-order valence-corrected chi connectivity index (χ3v) is 5.65. The molecule has 19 heavy (non-hydrogen) atoms. The Hall–Kier alpha value is -0.850. The van der Waals surface area contributed by atoms with Crippen molar-refractivity contribution in [3.63, 3.8) is 0 Å². The second-order valence-corrected chi connectivity index (χ2v) is 7.01. The van der Waals surface area contributed by atoms with Gasteiger partial charge >= 0.3 is 0 Å². The average molecular weight is 286 g/mol. The number of rotatable bonds is 4. The van der Waals surface area contributed by atoms with Crippen LogP contribution in [0.1, 0.15) is 43.3 Å². The molecule has 0 spiro atoms. The Kier molecular flexibility index (Phi) is 4.03. The van der Waals surface area contributed by atoms with Crippen molar-refractivity contribution in [2.24, 2.45) is 11.7 Å². The van der Waals surface area contributed by atoms with E-state index in [1.54, 1.807) is 13.8 Å². The highest BCUT2D eigenvalue weighted by atomic mass is 32.2. The molecule has 1 heterocycles. The van der Waals surface area contributed by atoms with Gasteiger partial charge in [-0.05, 0) is 32.6 Å². The zero-order valence-electron chi connectivity index (χ0n) is 11.7. The maximum absolute atomic E-state index is 12.5. The van der Waals surface area contributed by atoms with Crippen LogP contribution in [0.5, 0.6) is 0 Å². The van der Waals surface area contributed by atoms with Crippen LogP contribution in [0.25, 0.3) is 0 Å². The second kappa shape index (κ2) is 5.26. The van der Waals surface area contributed by atoms with E-state index in [0.29, 0.717) is 23.0 Å². The van der Waals surface area contributed by atoms with Crippen LogP contribution in [0.3, 0.4) is 0 Å². The summed E-state index contributed by atoms with van der Waals surface area (Å²) in [6.45, 7) is 5.66. The molecule has 1 aliphatic carbocycles. The van der Waals surface area contributed by atoms with Gasteiger partial charge in [-0.3, -0.25) is 0 Å². The van der Waals surface area contributed by atoms with Crippen molar-refractivity contribution in [3.05, 3.63) is 17.1 Å². The third-order valence-electron chi connectivity index (χ3n) is 3.97. The minimum atomic E-state index is -3.55. The molecule has 1 saturated carbocycles.